The van der Waals surface area contributed by atoms with Crippen LogP contribution < -0.4 is 15.6 Å². The summed E-state index contributed by atoms with van der Waals surface area (Å²) >= 11 is -4.54. The Morgan fingerprint density at radius 2 is 0.694 bits per heavy atom. The van der Waals surface area contributed by atoms with Gasteiger partial charge in [-0.15, -0.1) is 0 Å². The first-order valence-corrected chi connectivity index (χ1v) is 17.1. The summed E-state index contributed by atoms with van der Waals surface area (Å²) in [6.07, 6.45) is 0. The number of hydrogen-bond donors (Lipinski definition) is 0. The molecule has 0 saturated carbocycles. The van der Waals surface area contributed by atoms with Crippen molar-refractivity contribution in [2.24, 2.45) is 0 Å². The van der Waals surface area contributed by atoms with Crippen LogP contribution in [0.1, 0.15) is 62.3 Å². The van der Waals surface area contributed by atoms with Gasteiger partial charge < -0.3 is 0 Å². The molecule has 4 nitrogen and oxygen atoms in total. The first-order valence-electron chi connectivity index (χ1n) is 12.6. The molecular weight excluding hydrogens is 500 g/mol. The number of benzene rings is 3. The fourth-order valence-corrected chi connectivity index (χ4v) is 15.7. The van der Waals surface area contributed by atoms with Crippen molar-refractivity contribution < 1.29 is 31.1 Å². The number of hydrogen-bond acceptors (Lipinski definition) is 4. The normalized spacial score (nSPS) is 13.6. The van der Waals surface area contributed by atoms with E-state index in [2.05, 4.69) is 72.8 Å². The Labute approximate surface area is 224 Å². The van der Waals surface area contributed by atoms with E-state index in [4.69, 9.17) is 13.0 Å². The van der Waals surface area contributed by atoms with Gasteiger partial charge >= 0.3 is 225 Å². The predicted octanol–water partition coefficient (Wildman–Crippen LogP) is 5.93. The van der Waals surface area contributed by atoms with Gasteiger partial charge in [0.05, 0.1) is 0 Å². The van der Waals surface area contributed by atoms with Crippen LogP contribution in [0, 0.1) is 0 Å². The molecule has 0 atom stereocenters. The molecule has 0 bridgehead atoms. The maximum atomic E-state index is 7.57. The van der Waals surface area contributed by atoms with E-state index in [0.29, 0.717) is 0 Å². The van der Waals surface area contributed by atoms with Crippen LogP contribution in [-0.4, -0.2) is 25.1 Å². The van der Waals surface area contributed by atoms with Crippen LogP contribution in [0.5, 0.6) is 0 Å². The summed E-state index contributed by atoms with van der Waals surface area (Å²) in [6, 6.07) is 31.5. The average molecular weight is 543 g/mol. The van der Waals surface area contributed by atoms with Gasteiger partial charge in [0.2, 0.25) is 0 Å². The van der Waals surface area contributed by atoms with Crippen molar-refractivity contribution in [3.63, 3.8) is 0 Å². The minimum absolute atomic E-state index is 0.541. The molecule has 3 aromatic carbocycles. The third-order valence-electron chi connectivity index (χ3n) is 5.11. The van der Waals surface area contributed by atoms with Gasteiger partial charge in [-0.1, -0.05) is 0 Å². The van der Waals surface area contributed by atoms with E-state index in [1.165, 1.54) is 0 Å². The van der Waals surface area contributed by atoms with Crippen LogP contribution in [0.2, 0.25) is 0 Å². The molecule has 0 aromatic heterocycles. The van der Waals surface area contributed by atoms with Crippen LogP contribution in [0.25, 0.3) is 0 Å². The monoisotopic (exact) mass is 542 g/mol. The van der Waals surface area contributed by atoms with E-state index in [1.807, 2.05) is 80.5 Å². The molecule has 0 aliphatic rings. The van der Waals surface area contributed by atoms with Crippen molar-refractivity contribution in [1.82, 2.24) is 0 Å². The Kier molecular flexibility index (Phi) is 8.89. The molecule has 0 spiro atoms. The average Bonchev–Trinajstić information content (AvgIpc) is 2.76. The van der Waals surface area contributed by atoms with Crippen molar-refractivity contribution in [2.75, 3.05) is 0 Å². The molecule has 0 aliphatic carbocycles. The SMILES string of the molecule is CC(C)(C)[O][Ti]([O]C(C)(C)C)([O]C(C)(C)C)[O][Si](c1ccccc1)(c1ccccc1)c1ccccc1. The maximum absolute atomic E-state index is 7.57. The van der Waals surface area contributed by atoms with Crippen molar-refractivity contribution in [3.8, 4) is 0 Å². The molecule has 6 heteroatoms. The summed E-state index contributed by atoms with van der Waals surface area (Å²) in [6.45, 7) is 18.3. The fraction of sp³-hybridized carbons (Fsp3) is 0.400. The molecule has 3 rings (SSSR count). The summed E-state index contributed by atoms with van der Waals surface area (Å²) in [4.78, 5) is 0. The van der Waals surface area contributed by atoms with Crippen LogP contribution >= 0.6 is 0 Å². The Hall–Kier alpha value is -1.57. The van der Waals surface area contributed by atoms with E-state index in [-0.39, 0.29) is 0 Å². The zero-order chi connectivity index (χ0) is 26.7. The van der Waals surface area contributed by atoms with Crippen LogP contribution in [0.4, 0.5) is 0 Å². The molecule has 0 N–H and O–H groups in total. The minimum atomic E-state index is -4.54. The zero-order valence-electron chi connectivity index (χ0n) is 23.3. The fourth-order valence-electron chi connectivity index (χ4n) is 4.13. The molecule has 0 amide bonds. The van der Waals surface area contributed by atoms with Gasteiger partial charge in [-0.3, -0.25) is 0 Å². The van der Waals surface area contributed by atoms with Crippen LogP contribution in [0.3, 0.4) is 0 Å². The molecule has 0 unspecified atom stereocenters. The molecule has 3 aromatic rings. The predicted molar refractivity (Wildman–Crippen MR) is 148 cm³/mol. The quantitative estimate of drug-likeness (QED) is 0.261. The Bertz CT molecular complexity index is 948. The first kappa shape index (κ1) is 29.0. The van der Waals surface area contributed by atoms with E-state index in [9.17, 15) is 0 Å². The second-order valence-corrected chi connectivity index (χ2v) is 18.8. The van der Waals surface area contributed by atoms with Crippen molar-refractivity contribution in [1.29, 1.82) is 0 Å². The third-order valence-corrected chi connectivity index (χ3v) is 15.8. The first-order chi connectivity index (χ1) is 16.6. The van der Waals surface area contributed by atoms with Crippen molar-refractivity contribution in [3.05, 3.63) is 91.0 Å². The van der Waals surface area contributed by atoms with Gasteiger partial charge in [-0.25, -0.2) is 0 Å². The Morgan fingerprint density at radius 3 is 0.917 bits per heavy atom. The zero-order valence-corrected chi connectivity index (χ0v) is 25.9. The molecular formula is C30H42O4SiTi. The van der Waals surface area contributed by atoms with Gasteiger partial charge in [0.1, 0.15) is 0 Å². The summed E-state index contributed by atoms with van der Waals surface area (Å²) in [7, 11) is -3.15. The van der Waals surface area contributed by atoms with Gasteiger partial charge in [0.15, 0.2) is 0 Å². The molecule has 0 radical (unpaired) electrons. The summed E-state index contributed by atoms with van der Waals surface area (Å²) in [5.41, 5.74) is -1.62. The topological polar surface area (TPSA) is 36.9 Å². The van der Waals surface area contributed by atoms with Gasteiger partial charge in [0.25, 0.3) is 0 Å². The second kappa shape index (κ2) is 11.0. The van der Waals surface area contributed by atoms with E-state index >= 15 is 0 Å². The van der Waals surface area contributed by atoms with Crippen molar-refractivity contribution in [2.45, 2.75) is 79.1 Å². The van der Waals surface area contributed by atoms with Gasteiger partial charge in [-0.2, -0.15) is 0 Å². The third kappa shape index (κ3) is 7.72. The van der Waals surface area contributed by atoms with E-state index < -0.39 is 43.3 Å². The van der Waals surface area contributed by atoms with E-state index in [0.717, 1.165) is 15.6 Å². The summed E-state index contributed by atoms with van der Waals surface area (Å²) < 4.78 is 28.1. The molecule has 0 saturated heterocycles. The molecule has 0 heterocycles. The molecule has 0 fully saturated rings. The summed E-state index contributed by atoms with van der Waals surface area (Å²) in [5, 5.41) is 3.35. The van der Waals surface area contributed by atoms with E-state index in [1.54, 1.807) is 0 Å². The Balaban J connectivity index is 2.40. The standard InChI is InChI=1S/C18H15OSi.3C4H9O.Ti/c19-20(16-10-4-1-5-11-16,17-12-6-2-7-13-17)18-14-8-3-9-15-18;3*1-4(2,3)5;/h1-15H;3*1-3H3;/q4*-1;+4. The molecule has 194 valence electrons. The van der Waals surface area contributed by atoms with Gasteiger partial charge in [-0.05, 0) is 0 Å². The molecule has 36 heavy (non-hydrogen) atoms. The van der Waals surface area contributed by atoms with Crippen LogP contribution in [0.15, 0.2) is 91.0 Å². The Morgan fingerprint density at radius 1 is 0.444 bits per heavy atom. The second-order valence-electron chi connectivity index (χ2n) is 12.0. The molecule has 0 aliphatic heterocycles. The van der Waals surface area contributed by atoms with Crippen molar-refractivity contribution >= 4 is 23.9 Å². The van der Waals surface area contributed by atoms with Gasteiger partial charge in [0, 0.05) is 0 Å². The van der Waals surface area contributed by atoms with Crippen LogP contribution in [-0.2, 0) is 31.1 Å². The summed E-state index contributed by atoms with van der Waals surface area (Å²) in [5.74, 6) is 0. The number of rotatable bonds is 8.